The zero-order valence-corrected chi connectivity index (χ0v) is 7.08. The van der Waals surface area contributed by atoms with E-state index < -0.39 is 5.97 Å². The van der Waals surface area contributed by atoms with Crippen molar-refractivity contribution in [3.8, 4) is 0 Å². The SMILES string of the molecule is C[C@@H]1C[C@H](C(=O)O)CCN1C. The molecule has 0 radical (unpaired) electrons. The van der Waals surface area contributed by atoms with E-state index in [0.29, 0.717) is 6.04 Å². The second-order valence-electron chi connectivity index (χ2n) is 3.39. The predicted octanol–water partition coefficient (Wildman–Crippen LogP) is 0.801. The van der Waals surface area contributed by atoms with E-state index in [1.807, 2.05) is 7.05 Å². The Kier molecular flexibility index (Phi) is 2.49. The van der Waals surface area contributed by atoms with Crippen LogP contribution in [0, 0.1) is 5.92 Å². The largest absolute Gasteiger partial charge is 0.481 e. The summed E-state index contributed by atoms with van der Waals surface area (Å²) in [5, 5.41) is 8.72. The Bertz CT molecular complexity index is 158. The van der Waals surface area contributed by atoms with Crippen molar-refractivity contribution < 1.29 is 9.90 Å². The van der Waals surface area contributed by atoms with Gasteiger partial charge in [0.1, 0.15) is 0 Å². The van der Waals surface area contributed by atoms with E-state index in [1.54, 1.807) is 0 Å². The first-order valence-corrected chi connectivity index (χ1v) is 4.04. The Morgan fingerprint density at radius 2 is 2.27 bits per heavy atom. The third-order valence-electron chi connectivity index (χ3n) is 2.56. The molecule has 1 rings (SSSR count). The average Bonchev–Trinajstić information content (AvgIpc) is 1.94. The van der Waals surface area contributed by atoms with Crippen LogP contribution in [0.25, 0.3) is 0 Å². The monoisotopic (exact) mass is 157 g/mol. The zero-order valence-electron chi connectivity index (χ0n) is 7.08. The van der Waals surface area contributed by atoms with Gasteiger partial charge in [0.2, 0.25) is 0 Å². The summed E-state index contributed by atoms with van der Waals surface area (Å²) in [6, 6.07) is 0.421. The van der Waals surface area contributed by atoms with Crippen LogP contribution in [0.5, 0.6) is 0 Å². The van der Waals surface area contributed by atoms with E-state index in [2.05, 4.69) is 11.8 Å². The maximum atomic E-state index is 10.6. The van der Waals surface area contributed by atoms with Crippen molar-refractivity contribution in [1.82, 2.24) is 4.90 Å². The Labute approximate surface area is 67.0 Å². The van der Waals surface area contributed by atoms with Gasteiger partial charge in [-0.25, -0.2) is 0 Å². The van der Waals surface area contributed by atoms with E-state index in [0.717, 1.165) is 19.4 Å². The minimum absolute atomic E-state index is 0.110. The van der Waals surface area contributed by atoms with Crippen molar-refractivity contribution in [2.75, 3.05) is 13.6 Å². The van der Waals surface area contributed by atoms with E-state index in [-0.39, 0.29) is 5.92 Å². The first-order chi connectivity index (χ1) is 5.11. The smallest absolute Gasteiger partial charge is 0.306 e. The quantitative estimate of drug-likeness (QED) is 0.612. The maximum absolute atomic E-state index is 10.6. The second-order valence-corrected chi connectivity index (χ2v) is 3.39. The molecule has 3 heteroatoms. The van der Waals surface area contributed by atoms with Crippen molar-refractivity contribution in [1.29, 1.82) is 0 Å². The molecule has 64 valence electrons. The highest BCUT2D eigenvalue weighted by Crippen LogP contribution is 2.21. The van der Waals surface area contributed by atoms with Gasteiger partial charge in [0, 0.05) is 6.04 Å². The molecule has 0 unspecified atom stereocenters. The standard InChI is InChI=1S/C8H15NO2/c1-6-5-7(8(10)11)3-4-9(6)2/h6-7H,3-5H2,1-2H3,(H,10,11)/t6-,7-/m1/s1. The van der Waals surface area contributed by atoms with Crippen LogP contribution in [0.4, 0.5) is 0 Å². The number of hydrogen-bond donors (Lipinski definition) is 1. The molecular weight excluding hydrogens is 142 g/mol. The molecule has 1 saturated heterocycles. The maximum Gasteiger partial charge on any atom is 0.306 e. The Morgan fingerprint density at radius 3 is 2.73 bits per heavy atom. The van der Waals surface area contributed by atoms with E-state index >= 15 is 0 Å². The molecular formula is C8H15NO2. The van der Waals surface area contributed by atoms with Crippen LogP contribution in [0.1, 0.15) is 19.8 Å². The van der Waals surface area contributed by atoms with Crippen LogP contribution in [-0.2, 0) is 4.79 Å². The number of carboxylic acids is 1. The molecule has 0 aromatic carbocycles. The highest BCUT2D eigenvalue weighted by molar-refractivity contribution is 5.70. The molecule has 0 aromatic rings. The van der Waals surface area contributed by atoms with E-state index in [4.69, 9.17) is 5.11 Å². The number of aliphatic carboxylic acids is 1. The summed E-state index contributed by atoms with van der Waals surface area (Å²) in [6.45, 7) is 2.99. The van der Waals surface area contributed by atoms with Gasteiger partial charge in [0.05, 0.1) is 5.92 Å². The summed E-state index contributed by atoms with van der Waals surface area (Å²) in [4.78, 5) is 12.8. The molecule has 0 amide bonds. The fraction of sp³-hybridized carbons (Fsp3) is 0.875. The first-order valence-electron chi connectivity index (χ1n) is 4.04. The number of likely N-dealkylation sites (tertiary alicyclic amines) is 1. The number of hydrogen-bond acceptors (Lipinski definition) is 2. The minimum Gasteiger partial charge on any atom is -0.481 e. The fourth-order valence-corrected chi connectivity index (χ4v) is 1.51. The Morgan fingerprint density at radius 1 is 1.64 bits per heavy atom. The molecule has 1 fully saturated rings. The van der Waals surface area contributed by atoms with Crippen LogP contribution >= 0.6 is 0 Å². The molecule has 11 heavy (non-hydrogen) atoms. The number of carbonyl (C=O) groups is 1. The van der Waals surface area contributed by atoms with Crippen LogP contribution in [0.3, 0.4) is 0 Å². The summed E-state index contributed by atoms with van der Waals surface area (Å²) >= 11 is 0. The molecule has 0 aromatic heterocycles. The summed E-state index contributed by atoms with van der Waals surface area (Å²) < 4.78 is 0. The van der Waals surface area contributed by atoms with E-state index in [9.17, 15) is 4.79 Å². The van der Waals surface area contributed by atoms with Gasteiger partial charge in [-0.3, -0.25) is 4.79 Å². The van der Waals surface area contributed by atoms with Crippen LogP contribution < -0.4 is 0 Å². The van der Waals surface area contributed by atoms with Crippen molar-refractivity contribution >= 4 is 5.97 Å². The lowest BCUT2D eigenvalue weighted by Crippen LogP contribution is -2.39. The number of nitrogens with zero attached hydrogens (tertiary/aromatic N) is 1. The normalized spacial score (nSPS) is 33.6. The summed E-state index contributed by atoms with van der Waals surface area (Å²) in [7, 11) is 2.04. The fourth-order valence-electron chi connectivity index (χ4n) is 1.51. The highest BCUT2D eigenvalue weighted by atomic mass is 16.4. The lowest BCUT2D eigenvalue weighted by atomic mass is 9.92. The van der Waals surface area contributed by atoms with Crippen LogP contribution in [-0.4, -0.2) is 35.6 Å². The lowest BCUT2D eigenvalue weighted by molar-refractivity contribution is -0.143. The Hall–Kier alpha value is -0.570. The van der Waals surface area contributed by atoms with Gasteiger partial charge in [0.25, 0.3) is 0 Å². The molecule has 0 saturated carbocycles. The second kappa shape index (κ2) is 3.22. The van der Waals surface area contributed by atoms with Gasteiger partial charge < -0.3 is 10.0 Å². The molecule has 1 heterocycles. The van der Waals surface area contributed by atoms with Gasteiger partial charge in [-0.15, -0.1) is 0 Å². The molecule has 2 atom stereocenters. The predicted molar refractivity (Wildman–Crippen MR) is 42.5 cm³/mol. The number of carboxylic acid groups (broad SMARTS) is 1. The van der Waals surface area contributed by atoms with Crippen LogP contribution in [0.15, 0.2) is 0 Å². The van der Waals surface area contributed by atoms with E-state index in [1.165, 1.54) is 0 Å². The number of piperidine rings is 1. The van der Waals surface area contributed by atoms with Crippen molar-refractivity contribution in [3.63, 3.8) is 0 Å². The van der Waals surface area contributed by atoms with Crippen molar-refractivity contribution in [3.05, 3.63) is 0 Å². The summed E-state index contributed by atoms with van der Waals surface area (Å²) in [6.07, 6.45) is 1.60. The molecule has 1 aliphatic heterocycles. The topological polar surface area (TPSA) is 40.5 Å². The van der Waals surface area contributed by atoms with Crippen molar-refractivity contribution in [2.24, 2.45) is 5.92 Å². The zero-order chi connectivity index (χ0) is 8.43. The minimum atomic E-state index is -0.634. The van der Waals surface area contributed by atoms with Gasteiger partial charge in [-0.05, 0) is 33.4 Å². The third-order valence-corrected chi connectivity index (χ3v) is 2.56. The van der Waals surface area contributed by atoms with Crippen LogP contribution in [0.2, 0.25) is 0 Å². The summed E-state index contributed by atoms with van der Waals surface area (Å²) in [5.41, 5.74) is 0. The molecule has 0 aliphatic carbocycles. The summed E-state index contributed by atoms with van der Waals surface area (Å²) in [5.74, 6) is -0.744. The molecule has 1 N–H and O–H groups in total. The van der Waals surface area contributed by atoms with Gasteiger partial charge >= 0.3 is 5.97 Å². The highest BCUT2D eigenvalue weighted by Gasteiger charge is 2.27. The van der Waals surface area contributed by atoms with Crippen molar-refractivity contribution in [2.45, 2.75) is 25.8 Å². The van der Waals surface area contributed by atoms with Gasteiger partial charge in [0.15, 0.2) is 0 Å². The third kappa shape index (κ3) is 1.93. The van der Waals surface area contributed by atoms with Gasteiger partial charge in [-0.1, -0.05) is 0 Å². The average molecular weight is 157 g/mol. The molecule has 0 spiro atoms. The molecule has 3 nitrogen and oxygen atoms in total. The number of rotatable bonds is 1. The lowest BCUT2D eigenvalue weighted by Gasteiger charge is -2.32. The molecule has 0 bridgehead atoms. The molecule has 1 aliphatic rings. The Balaban J connectivity index is 2.46. The first kappa shape index (κ1) is 8.53. The van der Waals surface area contributed by atoms with Gasteiger partial charge in [-0.2, -0.15) is 0 Å².